The zero-order valence-electron chi connectivity index (χ0n) is 47.5. The van der Waals surface area contributed by atoms with Gasteiger partial charge in [0.1, 0.15) is 28.8 Å². The van der Waals surface area contributed by atoms with Crippen molar-refractivity contribution in [2.24, 2.45) is 12.1 Å². The van der Waals surface area contributed by atoms with E-state index in [1.165, 1.54) is 17.8 Å². The third kappa shape index (κ3) is 9.72. The summed E-state index contributed by atoms with van der Waals surface area (Å²) in [5, 5.41) is 24.2. The van der Waals surface area contributed by atoms with E-state index in [0.29, 0.717) is 71.7 Å². The number of hydrogen-bond acceptors (Lipinski definition) is 14. The zero-order chi connectivity index (χ0) is 57.6. The lowest BCUT2D eigenvalue weighted by atomic mass is 9.78. The van der Waals surface area contributed by atoms with Crippen molar-refractivity contribution in [3.05, 3.63) is 215 Å². The van der Waals surface area contributed by atoms with Crippen molar-refractivity contribution >= 4 is 29.0 Å². The van der Waals surface area contributed by atoms with E-state index in [0.717, 1.165) is 67.3 Å². The van der Waals surface area contributed by atoms with Crippen LogP contribution in [0.1, 0.15) is 115 Å². The number of H-pyrrole nitrogens is 4. The molecule has 12 rings (SSSR count). The van der Waals surface area contributed by atoms with Gasteiger partial charge in [0.05, 0.1) is 65.3 Å². The van der Waals surface area contributed by atoms with Crippen molar-refractivity contribution in [1.29, 1.82) is 0 Å². The Morgan fingerprint density at radius 2 is 1.59 bits per heavy atom. The summed E-state index contributed by atoms with van der Waals surface area (Å²) in [6.07, 6.45) is 18.1. The van der Waals surface area contributed by atoms with Gasteiger partial charge in [-0.3, -0.25) is 20.3 Å². The lowest BCUT2D eigenvalue weighted by Crippen LogP contribution is -2.56. The highest BCUT2D eigenvalue weighted by Crippen LogP contribution is 2.48. The fourth-order valence-corrected chi connectivity index (χ4v) is 11.0. The topological polar surface area (TPSA) is 220 Å². The number of aromatic nitrogens is 11. The molecule has 420 valence electrons. The molecule has 3 aliphatic heterocycles. The predicted octanol–water partition coefficient (Wildman–Crippen LogP) is 11.0. The zero-order valence-corrected chi connectivity index (χ0v) is 47.5. The molecule has 0 bridgehead atoms. The number of ether oxygens (including phenoxy) is 2. The molecule has 2 unspecified atom stereocenters. The van der Waals surface area contributed by atoms with Crippen molar-refractivity contribution in [3.63, 3.8) is 0 Å². The van der Waals surface area contributed by atoms with Gasteiger partial charge in [0.2, 0.25) is 29.0 Å². The molecule has 20 heteroatoms. The summed E-state index contributed by atoms with van der Waals surface area (Å²) >= 11 is 0. The third-order valence-corrected chi connectivity index (χ3v) is 15.4. The summed E-state index contributed by atoms with van der Waals surface area (Å²) in [5.74, 6) is 3.66. The Balaban J connectivity index is 0.000000173. The number of imidazole rings is 2. The minimum absolute atomic E-state index is 0.173. The minimum Gasteiger partial charge on any atom is -0.444 e. The number of allylic oxidation sites excluding steroid dienone is 2. The van der Waals surface area contributed by atoms with E-state index in [2.05, 4.69) is 140 Å². The average molecular weight is 1100 g/mol. The number of nitrogens with zero attached hydrogens (tertiary/aromatic N) is 10. The van der Waals surface area contributed by atoms with Crippen LogP contribution in [0.3, 0.4) is 0 Å². The van der Waals surface area contributed by atoms with E-state index < -0.39 is 16.9 Å². The number of fused-ring (bicyclic) bond motifs is 4. The number of para-hydroxylation sites is 1. The lowest BCUT2D eigenvalue weighted by Gasteiger charge is -2.42. The average Bonchev–Trinajstić information content (AvgIpc) is 2.19. The Kier molecular flexibility index (Phi) is 14.6. The number of hydrogen-bond donors (Lipinski definition) is 6. The van der Waals surface area contributed by atoms with Gasteiger partial charge in [0.25, 0.3) is 0 Å². The molecule has 0 spiro atoms. The summed E-state index contributed by atoms with van der Waals surface area (Å²) in [4.78, 5) is 34.7. The number of nitrogens with one attached hydrogen (secondary N) is 6. The van der Waals surface area contributed by atoms with Crippen LogP contribution in [0.15, 0.2) is 151 Å². The van der Waals surface area contributed by atoms with Gasteiger partial charge in [-0.05, 0) is 109 Å². The highest BCUT2D eigenvalue weighted by molar-refractivity contribution is 5.96. The fraction of sp³-hybridized carbons (Fsp3) is 0.274. The number of benzene rings is 2. The molecular weight excluding hydrogens is 1040 g/mol. The first-order valence-electron chi connectivity index (χ1n) is 27.3. The van der Waals surface area contributed by atoms with Crippen LogP contribution in [0, 0.1) is 19.7 Å². The number of pyridine rings is 1. The Hall–Kier alpha value is -9.40. The number of hydrazone groups is 1. The van der Waals surface area contributed by atoms with Gasteiger partial charge < -0.3 is 38.8 Å². The van der Waals surface area contributed by atoms with Crippen LogP contribution in [0.25, 0.3) is 45.7 Å². The summed E-state index contributed by atoms with van der Waals surface area (Å²) < 4.78 is 33.5. The van der Waals surface area contributed by atoms with Crippen molar-refractivity contribution in [2.75, 3.05) is 13.6 Å². The van der Waals surface area contributed by atoms with Crippen molar-refractivity contribution in [1.82, 2.24) is 75.4 Å². The van der Waals surface area contributed by atoms with Crippen LogP contribution >= 0.6 is 0 Å². The number of aromatic amines is 4. The summed E-state index contributed by atoms with van der Waals surface area (Å²) in [6.45, 7) is 27.4. The van der Waals surface area contributed by atoms with Crippen LogP contribution in [-0.2, 0) is 40.4 Å². The fourth-order valence-electron chi connectivity index (χ4n) is 11.0. The highest BCUT2D eigenvalue weighted by atomic mass is 19.1. The predicted molar refractivity (Wildman–Crippen MR) is 314 cm³/mol. The maximum atomic E-state index is 13.6. The molecule has 0 amide bonds. The normalized spacial score (nSPS) is 19.6. The van der Waals surface area contributed by atoms with Crippen molar-refractivity contribution < 1.29 is 18.4 Å². The van der Waals surface area contributed by atoms with Crippen LogP contribution in [0.5, 0.6) is 0 Å². The van der Waals surface area contributed by atoms with Gasteiger partial charge in [0.15, 0.2) is 5.88 Å². The maximum absolute atomic E-state index is 13.6. The molecule has 82 heavy (non-hydrogen) atoms. The second-order valence-corrected chi connectivity index (χ2v) is 21.0. The first kappa shape index (κ1) is 54.6. The molecule has 0 fully saturated rings. The molecule has 0 saturated carbocycles. The van der Waals surface area contributed by atoms with E-state index in [9.17, 15) is 4.39 Å². The molecule has 7 aromatic heterocycles. The van der Waals surface area contributed by atoms with Crippen molar-refractivity contribution in [2.45, 2.75) is 90.5 Å². The smallest absolute Gasteiger partial charge is 0.248 e. The van der Waals surface area contributed by atoms with Gasteiger partial charge in [-0.15, -0.1) is 5.10 Å². The first-order valence-corrected chi connectivity index (χ1v) is 27.3. The molecule has 3 aliphatic rings. The van der Waals surface area contributed by atoms with Gasteiger partial charge in [-0.25, -0.2) is 19.4 Å². The van der Waals surface area contributed by atoms with Crippen LogP contribution in [0.2, 0.25) is 0 Å². The molecule has 19 nitrogen and oxygen atoms in total. The van der Waals surface area contributed by atoms with E-state index in [1.54, 1.807) is 28.9 Å². The third-order valence-electron chi connectivity index (χ3n) is 15.4. The molecule has 6 N–H and O–H groups in total. The highest BCUT2D eigenvalue weighted by Gasteiger charge is 2.56. The van der Waals surface area contributed by atoms with Gasteiger partial charge in [-0.1, -0.05) is 78.0 Å². The molecule has 4 atom stereocenters. The molecule has 0 radical (unpaired) electrons. The quantitative estimate of drug-likeness (QED) is 0.0527. The number of aryl methyl sites for hydroxylation is 3. The number of rotatable bonds is 15. The molecule has 2 aromatic carbocycles. The minimum atomic E-state index is -1.18. The largest absolute Gasteiger partial charge is 0.444 e. The van der Waals surface area contributed by atoms with Crippen LogP contribution in [-0.4, -0.2) is 90.2 Å². The van der Waals surface area contributed by atoms with E-state index in [-0.39, 0.29) is 18.1 Å². The summed E-state index contributed by atoms with van der Waals surface area (Å²) in [5.41, 5.74) is 10.2. The van der Waals surface area contributed by atoms with Crippen molar-refractivity contribution in [3.8, 4) is 22.6 Å². The maximum Gasteiger partial charge on any atom is 0.248 e. The molecule has 9 aromatic rings. The summed E-state index contributed by atoms with van der Waals surface area (Å²) in [6, 6.07) is 19.3. The van der Waals surface area contributed by atoms with Gasteiger partial charge in [0, 0.05) is 67.5 Å². The Morgan fingerprint density at radius 3 is 2.24 bits per heavy atom. The SMILES string of the molecule is C=C(OC(=C)C1(c2cnn(C)c2)N[C@@H](c2ncc(-c3ccc(F)cn3)[nH]2)Cc2c1[nH]c(/C=C\C)c2/C=C\C)N(C)C(C)C.C=C1OC(C2(c3noc(C)n3)N[C@@H](c3ncc(-c4ccc(C)cc4)[nH]3)Cc3c2[nH]c2ccccc32)=NN1CC. The first-order chi connectivity index (χ1) is 39.5. The monoisotopic (exact) mass is 1100 g/mol. The van der Waals surface area contributed by atoms with Gasteiger partial charge >= 0.3 is 0 Å². The Labute approximate surface area is 474 Å². The molecule has 0 saturated heterocycles. The standard InChI is InChI=1S/C33H39FN8O.C29H28N8O2/c1-9-11-25-26-15-29(32-36-18-30(39-32)28-14-13-24(34)17-35-28)40-33(23-16-37-41(7)19-23,31(26)38-27(25)12-10-2)21(5)43-22(6)42(8)20(3)4;1-5-37-18(4)38-28(35-37)29(27-31-17(3)39-36-27)25-21(20-8-6-7-9-22(20)32-25)14-23(34-29)26-30-15-24(33-26)19-12-10-16(2)11-13-19/h9-14,16-20,29,38,40H,5-6,15H2,1-4,7-8H3,(H,36,39);6-13,15,23,32,34H,4-5,14H2,1-3H3,(H,30,33)/b11-9-,12-10-;/t29-,33?;23-,29?/m11/s1. The second-order valence-electron chi connectivity index (χ2n) is 21.0. The lowest BCUT2D eigenvalue weighted by molar-refractivity contribution is 0.126. The van der Waals surface area contributed by atoms with E-state index in [4.69, 9.17) is 29.1 Å². The van der Waals surface area contributed by atoms with Crippen LogP contribution in [0.4, 0.5) is 4.39 Å². The van der Waals surface area contributed by atoms with Crippen LogP contribution < -0.4 is 10.6 Å². The number of halogens is 1. The van der Waals surface area contributed by atoms with E-state index >= 15 is 0 Å². The Bertz CT molecular complexity index is 3940. The molecular formula is C62H67FN16O3. The molecule has 0 aliphatic carbocycles. The van der Waals surface area contributed by atoms with Gasteiger partial charge in [-0.2, -0.15) is 10.1 Å². The molecule has 10 heterocycles. The second kappa shape index (κ2) is 21.9. The Morgan fingerprint density at radius 1 is 0.866 bits per heavy atom. The summed E-state index contributed by atoms with van der Waals surface area (Å²) in [7, 11) is 3.82. The van der Waals surface area contributed by atoms with E-state index in [1.807, 2.05) is 82.6 Å².